The number of benzene rings is 1. The van der Waals surface area contributed by atoms with E-state index in [9.17, 15) is 0 Å². The predicted molar refractivity (Wildman–Crippen MR) is 85.0 cm³/mol. The van der Waals surface area contributed by atoms with Crippen LogP contribution in [-0.2, 0) is 6.54 Å². The lowest BCUT2D eigenvalue weighted by molar-refractivity contribution is 0.312. The van der Waals surface area contributed by atoms with E-state index in [1.54, 1.807) is 0 Å². The van der Waals surface area contributed by atoms with Crippen LogP contribution in [0.15, 0.2) is 27.2 Å². The summed E-state index contributed by atoms with van der Waals surface area (Å²) < 4.78 is 6.09. The van der Waals surface area contributed by atoms with Gasteiger partial charge in [0, 0.05) is 36.2 Å². The van der Waals surface area contributed by atoms with Gasteiger partial charge in [-0.1, -0.05) is 5.16 Å². The topological polar surface area (TPSA) is 71.4 Å². The molecule has 1 aromatic carbocycles. The molecule has 21 heavy (non-hydrogen) atoms. The number of aromatic nitrogens is 2. The molecule has 0 aliphatic carbocycles. The fraction of sp³-hybridized carbons (Fsp3) is 0.429. The van der Waals surface area contributed by atoms with Crippen molar-refractivity contribution in [2.75, 3.05) is 38.1 Å². The van der Waals surface area contributed by atoms with Gasteiger partial charge in [0.15, 0.2) is 0 Å². The second-order valence-electron chi connectivity index (χ2n) is 5.17. The molecule has 0 amide bonds. The summed E-state index contributed by atoms with van der Waals surface area (Å²) in [7, 11) is 2.15. The molecule has 2 heterocycles. The average molecular weight is 352 g/mol. The summed E-state index contributed by atoms with van der Waals surface area (Å²) in [6.07, 6.45) is 0. The zero-order chi connectivity index (χ0) is 14.8. The van der Waals surface area contributed by atoms with Gasteiger partial charge < -0.3 is 20.1 Å². The Balaban J connectivity index is 1.82. The first kappa shape index (κ1) is 14.5. The first-order chi connectivity index (χ1) is 10.2. The second kappa shape index (κ2) is 6.13. The highest BCUT2D eigenvalue weighted by Gasteiger charge is 2.17. The van der Waals surface area contributed by atoms with Crippen molar-refractivity contribution < 1.29 is 4.52 Å². The predicted octanol–water partition coefficient (Wildman–Crippen LogP) is 1.71. The zero-order valence-electron chi connectivity index (χ0n) is 11.9. The van der Waals surface area contributed by atoms with Gasteiger partial charge in [0.05, 0.1) is 12.2 Å². The number of hydrogen-bond donors (Lipinski definition) is 1. The molecule has 1 fully saturated rings. The second-order valence-corrected chi connectivity index (χ2v) is 6.03. The van der Waals surface area contributed by atoms with E-state index in [2.05, 4.69) is 49.0 Å². The maximum Gasteiger partial charge on any atom is 0.240 e. The Morgan fingerprint density at radius 3 is 2.67 bits per heavy atom. The highest BCUT2D eigenvalue weighted by molar-refractivity contribution is 9.10. The standard InChI is InChI=1S/C14H18BrN5O/c1-19-4-6-20(7-5-19)12-3-2-10(8-11(12)15)14-17-13(9-16)21-18-14/h2-3,8H,4-7,9,16H2,1H3. The monoisotopic (exact) mass is 351 g/mol. The summed E-state index contributed by atoms with van der Waals surface area (Å²) in [5.74, 6) is 1.02. The molecule has 1 aliphatic heterocycles. The van der Waals surface area contributed by atoms with Crippen LogP contribution in [0.25, 0.3) is 11.4 Å². The maximum absolute atomic E-state index is 5.49. The van der Waals surface area contributed by atoms with Gasteiger partial charge in [0.1, 0.15) is 0 Å². The molecule has 0 spiro atoms. The third kappa shape index (κ3) is 3.09. The molecule has 0 unspecified atom stereocenters. The van der Waals surface area contributed by atoms with Crippen molar-refractivity contribution in [2.45, 2.75) is 6.54 Å². The van der Waals surface area contributed by atoms with Gasteiger partial charge in [0.25, 0.3) is 0 Å². The molecule has 3 rings (SSSR count). The molecule has 1 aliphatic rings. The van der Waals surface area contributed by atoms with Crippen molar-refractivity contribution in [1.29, 1.82) is 0 Å². The quantitative estimate of drug-likeness (QED) is 0.907. The van der Waals surface area contributed by atoms with Crippen LogP contribution in [0.4, 0.5) is 5.69 Å². The summed E-state index contributed by atoms with van der Waals surface area (Å²) in [6, 6.07) is 6.14. The number of anilines is 1. The minimum absolute atomic E-state index is 0.257. The van der Waals surface area contributed by atoms with E-state index < -0.39 is 0 Å². The molecule has 1 saturated heterocycles. The van der Waals surface area contributed by atoms with Crippen LogP contribution in [0.3, 0.4) is 0 Å². The number of piperazine rings is 1. The summed E-state index contributed by atoms with van der Waals surface area (Å²) >= 11 is 3.65. The van der Waals surface area contributed by atoms with Gasteiger partial charge in [-0.3, -0.25) is 0 Å². The van der Waals surface area contributed by atoms with Gasteiger partial charge >= 0.3 is 0 Å². The maximum atomic E-state index is 5.49. The third-order valence-electron chi connectivity index (χ3n) is 3.69. The Labute approximate surface area is 132 Å². The van der Waals surface area contributed by atoms with Crippen LogP contribution < -0.4 is 10.6 Å². The van der Waals surface area contributed by atoms with Gasteiger partial charge in [-0.25, -0.2) is 0 Å². The summed E-state index contributed by atoms with van der Waals surface area (Å²) in [6.45, 7) is 4.49. The minimum atomic E-state index is 0.257. The third-order valence-corrected chi connectivity index (χ3v) is 4.33. The summed E-state index contributed by atoms with van der Waals surface area (Å²) in [5.41, 5.74) is 7.61. The van der Waals surface area contributed by atoms with E-state index in [1.807, 2.05) is 12.1 Å². The van der Waals surface area contributed by atoms with Gasteiger partial charge in [-0.15, -0.1) is 0 Å². The highest BCUT2D eigenvalue weighted by Crippen LogP contribution is 2.31. The lowest BCUT2D eigenvalue weighted by Gasteiger charge is -2.34. The summed E-state index contributed by atoms with van der Waals surface area (Å²) in [5, 5.41) is 3.94. The number of hydrogen-bond acceptors (Lipinski definition) is 6. The normalized spacial score (nSPS) is 16.4. The van der Waals surface area contributed by atoms with Crippen molar-refractivity contribution >= 4 is 21.6 Å². The van der Waals surface area contributed by atoms with Crippen molar-refractivity contribution in [1.82, 2.24) is 15.0 Å². The Morgan fingerprint density at radius 1 is 1.29 bits per heavy atom. The lowest BCUT2D eigenvalue weighted by Crippen LogP contribution is -2.44. The SMILES string of the molecule is CN1CCN(c2ccc(-c3noc(CN)n3)cc2Br)CC1. The van der Waals surface area contributed by atoms with Crippen LogP contribution in [-0.4, -0.2) is 48.3 Å². The fourth-order valence-corrected chi connectivity index (χ4v) is 3.03. The molecule has 0 bridgehead atoms. The van der Waals surface area contributed by atoms with E-state index in [1.165, 1.54) is 5.69 Å². The molecule has 7 heteroatoms. The molecule has 0 saturated carbocycles. The Kier molecular flexibility index (Phi) is 4.23. The Hall–Kier alpha value is -1.44. The first-order valence-corrected chi connectivity index (χ1v) is 7.73. The van der Waals surface area contributed by atoms with Crippen LogP contribution in [0.1, 0.15) is 5.89 Å². The highest BCUT2D eigenvalue weighted by atomic mass is 79.9. The number of rotatable bonds is 3. The Bertz CT molecular complexity index is 622. The van der Waals surface area contributed by atoms with E-state index in [0.717, 1.165) is 36.2 Å². The van der Waals surface area contributed by atoms with Gasteiger partial charge in [0.2, 0.25) is 11.7 Å². The summed E-state index contributed by atoms with van der Waals surface area (Å²) in [4.78, 5) is 8.97. The number of nitrogens with zero attached hydrogens (tertiary/aromatic N) is 4. The first-order valence-electron chi connectivity index (χ1n) is 6.93. The molecule has 6 nitrogen and oxygen atoms in total. The smallest absolute Gasteiger partial charge is 0.240 e. The number of likely N-dealkylation sites (N-methyl/N-ethyl adjacent to an activating group) is 1. The molecule has 2 N–H and O–H groups in total. The van der Waals surface area contributed by atoms with E-state index in [-0.39, 0.29) is 6.54 Å². The van der Waals surface area contributed by atoms with Crippen LogP contribution in [0, 0.1) is 0 Å². The van der Waals surface area contributed by atoms with Crippen LogP contribution in [0.5, 0.6) is 0 Å². The fourth-order valence-electron chi connectivity index (χ4n) is 2.40. The molecule has 0 radical (unpaired) electrons. The average Bonchev–Trinajstić information content (AvgIpc) is 2.97. The Morgan fingerprint density at radius 2 is 2.05 bits per heavy atom. The van der Waals surface area contributed by atoms with Crippen LogP contribution in [0.2, 0.25) is 0 Å². The van der Waals surface area contributed by atoms with Crippen molar-refractivity contribution in [3.05, 3.63) is 28.6 Å². The molecule has 1 aromatic heterocycles. The molecule has 0 atom stereocenters. The lowest BCUT2D eigenvalue weighted by atomic mass is 10.1. The van der Waals surface area contributed by atoms with Crippen molar-refractivity contribution in [2.24, 2.45) is 5.73 Å². The number of nitrogens with two attached hydrogens (primary N) is 1. The molecule has 112 valence electrons. The van der Waals surface area contributed by atoms with Crippen molar-refractivity contribution in [3.8, 4) is 11.4 Å². The zero-order valence-corrected chi connectivity index (χ0v) is 13.5. The van der Waals surface area contributed by atoms with Gasteiger partial charge in [-0.2, -0.15) is 4.98 Å². The largest absolute Gasteiger partial charge is 0.368 e. The van der Waals surface area contributed by atoms with Crippen LogP contribution >= 0.6 is 15.9 Å². The van der Waals surface area contributed by atoms with E-state index >= 15 is 0 Å². The molecule has 2 aromatic rings. The van der Waals surface area contributed by atoms with E-state index in [4.69, 9.17) is 10.3 Å². The van der Waals surface area contributed by atoms with Gasteiger partial charge in [-0.05, 0) is 41.2 Å². The van der Waals surface area contributed by atoms with E-state index in [0.29, 0.717) is 11.7 Å². The number of halogens is 1. The molecular formula is C14H18BrN5O. The minimum Gasteiger partial charge on any atom is -0.368 e. The van der Waals surface area contributed by atoms with Crippen molar-refractivity contribution in [3.63, 3.8) is 0 Å². The molecular weight excluding hydrogens is 334 g/mol.